The first-order valence-electron chi connectivity index (χ1n) is 9.31. The number of anilines is 1. The van der Waals surface area contributed by atoms with Crippen molar-refractivity contribution >= 4 is 17.7 Å². The number of rotatable bonds is 6. The summed E-state index contributed by atoms with van der Waals surface area (Å²) in [5.41, 5.74) is 5.64. The van der Waals surface area contributed by atoms with Gasteiger partial charge in [0, 0.05) is 30.9 Å². The molecule has 0 aromatic heterocycles. The van der Waals surface area contributed by atoms with E-state index in [2.05, 4.69) is 42.2 Å². The molecule has 0 bridgehead atoms. The SMILES string of the molecule is CCOC1C=CC(CN2CCC(C)=Cc3c(CC(=O)O)cccc32)=CC1. The molecule has 26 heavy (non-hydrogen) atoms. The van der Waals surface area contributed by atoms with Gasteiger partial charge < -0.3 is 14.7 Å². The Morgan fingerprint density at radius 2 is 2.23 bits per heavy atom. The molecular weight excluding hydrogens is 326 g/mol. The summed E-state index contributed by atoms with van der Waals surface area (Å²) in [6.07, 6.45) is 10.9. The minimum Gasteiger partial charge on any atom is -0.481 e. The maximum Gasteiger partial charge on any atom is 0.307 e. The third-order valence-corrected chi connectivity index (χ3v) is 4.91. The normalized spacial score (nSPS) is 19.5. The molecule has 0 spiro atoms. The summed E-state index contributed by atoms with van der Waals surface area (Å²) in [7, 11) is 0. The van der Waals surface area contributed by atoms with Crippen LogP contribution in [0.3, 0.4) is 0 Å². The van der Waals surface area contributed by atoms with E-state index in [9.17, 15) is 9.90 Å². The van der Waals surface area contributed by atoms with Crippen LogP contribution in [0.1, 0.15) is 37.8 Å². The Morgan fingerprint density at radius 3 is 2.92 bits per heavy atom. The van der Waals surface area contributed by atoms with Crippen molar-refractivity contribution in [3.63, 3.8) is 0 Å². The summed E-state index contributed by atoms with van der Waals surface area (Å²) >= 11 is 0. The van der Waals surface area contributed by atoms with E-state index >= 15 is 0 Å². The number of ether oxygens (including phenoxy) is 1. The number of aliphatic carboxylic acids is 1. The highest BCUT2D eigenvalue weighted by Crippen LogP contribution is 2.32. The molecule has 1 unspecified atom stereocenters. The predicted molar refractivity (Wildman–Crippen MR) is 106 cm³/mol. The van der Waals surface area contributed by atoms with Crippen molar-refractivity contribution in [1.82, 2.24) is 0 Å². The maximum absolute atomic E-state index is 11.2. The molecule has 138 valence electrons. The largest absolute Gasteiger partial charge is 0.481 e. The first-order chi connectivity index (χ1) is 12.6. The number of benzene rings is 1. The van der Waals surface area contributed by atoms with Gasteiger partial charge in [0.05, 0.1) is 12.5 Å². The van der Waals surface area contributed by atoms with Crippen LogP contribution < -0.4 is 4.90 Å². The highest BCUT2D eigenvalue weighted by Gasteiger charge is 2.19. The molecular formula is C22H27NO3. The number of fused-ring (bicyclic) bond motifs is 1. The molecule has 4 nitrogen and oxygen atoms in total. The van der Waals surface area contributed by atoms with Gasteiger partial charge in [-0.3, -0.25) is 4.79 Å². The Balaban J connectivity index is 1.83. The fraction of sp³-hybridized carbons (Fsp3) is 0.409. The van der Waals surface area contributed by atoms with Crippen molar-refractivity contribution in [3.8, 4) is 0 Å². The molecule has 1 aromatic rings. The van der Waals surface area contributed by atoms with Crippen LogP contribution in [0, 0.1) is 0 Å². The standard InChI is InChI=1S/C22H27NO3/c1-3-26-19-9-7-17(8-10-19)15-23-12-11-16(2)13-20-18(14-22(24)25)5-4-6-21(20)23/h4-9,13,19H,3,10-12,14-15H2,1-2H3,(H,24,25). The van der Waals surface area contributed by atoms with E-state index in [0.717, 1.165) is 49.4 Å². The van der Waals surface area contributed by atoms with Crippen LogP contribution in [0.15, 0.2) is 47.6 Å². The van der Waals surface area contributed by atoms with E-state index in [-0.39, 0.29) is 12.5 Å². The van der Waals surface area contributed by atoms with Crippen LogP contribution >= 0.6 is 0 Å². The third-order valence-electron chi connectivity index (χ3n) is 4.91. The van der Waals surface area contributed by atoms with E-state index in [1.165, 1.54) is 11.1 Å². The Kier molecular flexibility index (Phi) is 5.94. The van der Waals surface area contributed by atoms with Crippen LogP contribution in [0.4, 0.5) is 5.69 Å². The molecule has 0 radical (unpaired) electrons. The third kappa shape index (κ3) is 4.44. The molecule has 0 amide bonds. The molecule has 3 rings (SSSR count). The first-order valence-corrected chi connectivity index (χ1v) is 9.31. The lowest BCUT2D eigenvalue weighted by molar-refractivity contribution is -0.136. The Labute approximate surface area is 155 Å². The van der Waals surface area contributed by atoms with Crippen LogP contribution in [-0.2, 0) is 16.0 Å². The zero-order valence-electron chi connectivity index (χ0n) is 15.6. The van der Waals surface area contributed by atoms with E-state index in [1.807, 2.05) is 19.1 Å². The van der Waals surface area contributed by atoms with Crippen molar-refractivity contribution in [1.29, 1.82) is 0 Å². The lowest BCUT2D eigenvalue weighted by Gasteiger charge is -2.27. The highest BCUT2D eigenvalue weighted by atomic mass is 16.5. The zero-order chi connectivity index (χ0) is 18.5. The molecule has 1 atom stereocenters. The molecule has 0 fully saturated rings. The summed E-state index contributed by atoms with van der Waals surface area (Å²) in [5.74, 6) is -0.792. The molecule has 1 heterocycles. The lowest BCUT2D eigenvalue weighted by atomic mass is 9.99. The van der Waals surface area contributed by atoms with Crippen molar-refractivity contribution in [2.45, 2.75) is 39.2 Å². The van der Waals surface area contributed by atoms with Crippen molar-refractivity contribution in [3.05, 3.63) is 58.7 Å². The summed E-state index contributed by atoms with van der Waals surface area (Å²) in [6.45, 7) is 6.64. The van der Waals surface area contributed by atoms with Gasteiger partial charge >= 0.3 is 5.97 Å². The van der Waals surface area contributed by atoms with Crippen LogP contribution in [0.25, 0.3) is 6.08 Å². The molecule has 1 aromatic carbocycles. The van der Waals surface area contributed by atoms with Gasteiger partial charge in [-0.15, -0.1) is 0 Å². The Hall–Kier alpha value is -2.33. The fourth-order valence-corrected chi connectivity index (χ4v) is 3.59. The van der Waals surface area contributed by atoms with Crippen molar-refractivity contribution in [2.75, 3.05) is 24.6 Å². The first kappa shape index (κ1) is 18.5. The van der Waals surface area contributed by atoms with Crippen molar-refractivity contribution in [2.24, 2.45) is 0 Å². The van der Waals surface area contributed by atoms with Crippen LogP contribution in [0.5, 0.6) is 0 Å². The van der Waals surface area contributed by atoms with Gasteiger partial charge in [-0.1, -0.05) is 42.0 Å². The summed E-state index contributed by atoms with van der Waals surface area (Å²) < 4.78 is 5.66. The monoisotopic (exact) mass is 353 g/mol. The molecule has 1 N–H and O–H groups in total. The fourth-order valence-electron chi connectivity index (χ4n) is 3.59. The highest BCUT2D eigenvalue weighted by molar-refractivity contribution is 5.78. The predicted octanol–water partition coefficient (Wildman–Crippen LogP) is 4.22. The van der Waals surface area contributed by atoms with Gasteiger partial charge in [0.1, 0.15) is 0 Å². The molecule has 4 heteroatoms. The molecule has 1 aliphatic carbocycles. The maximum atomic E-state index is 11.2. The number of hydrogen-bond donors (Lipinski definition) is 1. The lowest BCUT2D eigenvalue weighted by Crippen LogP contribution is -2.27. The quantitative estimate of drug-likeness (QED) is 0.832. The molecule has 0 saturated heterocycles. The van der Waals surface area contributed by atoms with E-state index in [1.54, 1.807) is 0 Å². The number of carbonyl (C=O) groups is 1. The summed E-state index contributed by atoms with van der Waals surface area (Å²) in [6, 6.07) is 5.99. The van der Waals surface area contributed by atoms with Gasteiger partial charge in [0.2, 0.25) is 0 Å². The van der Waals surface area contributed by atoms with Crippen molar-refractivity contribution < 1.29 is 14.6 Å². The second kappa shape index (κ2) is 8.37. The van der Waals surface area contributed by atoms with Gasteiger partial charge in [-0.05, 0) is 43.9 Å². The average Bonchev–Trinajstić information content (AvgIpc) is 2.77. The Bertz CT molecular complexity index is 761. The minimum atomic E-state index is -0.792. The average molecular weight is 353 g/mol. The number of hydrogen-bond acceptors (Lipinski definition) is 3. The summed E-state index contributed by atoms with van der Waals surface area (Å²) in [5, 5.41) is 9.24. The smallest absolute Gasteiger partial charge is 0.307 e. The second-order valence-electron chi connectivity index (χ2n) is 6.95. The van der Waals surface area contributed by atoms with Gasteiger partial charge in [-0.2, -0.15) is 0 Å². The number of nitrogens with zero attached hydrogens (tertiary/aromatic N) is 1. The molecule has 2 aliphatic rings. The molecule has 1 aliphatic heterocycles. The van der Waals surface area contributed by atoms with Gasteiger partial charge in [-0.25, -0.2) is 0 Å². The van der Waals surface area contributed by atoms with E-state index in [4.69, 9.17) is 4.74 Å². The molecule has 0 saturated carbocycles. The zero-order valence-corrected chi connectivity index (χ0v) is 15.6. The van der Waals surface area contributed by atoms with Gasteiger partial charge in [0.25, 0.3) is 0 Å². The van der Waals surface area contributed by atoms with Crippen LogP contribution in [-0.4, -0.2) is 36.9 Å². The number of carboxylic acid groups (broad SMARTS) is 1. The minimum absolute atomic E-state index is 0.0550. The Morgan fingerprint density at radius 1 is 1.38 bits per heavy atom. The summed E-state index contributed by atoms with van der Waals surface area (Å²) in [4.78, 5) is 13.6. The topological polar surface area (TPSA) is 49.8 Å². The van der Waals surface area contributed by atoms with E-state index in [0.29, 0.717) is 0 Å². The van der Waals surface area contributed by atoms with E-state index < -0.39 is 5.97 Å². The number of carboxylic acids is 1. The van der Waals surface area contributed by atoms with Crippen LogP contribution in [0.2, 0.25) is 0 Å². The van der Waals surface area contributed by atoms with Gasteiger partial charge in [0.15, 0.2) is 0 Å². The second-order valence-corrected chi connectivity index (χ2v) is 6.95.